The predicted molar refractivity (Wildman–Crippen MR) is 77.0 cm³/mol. The summed E-state index contributed by atoms with van der Waals surface area (Å²) in [4.78, 5) is 29.0. The van der Waals surface area contributed by atoms with E-state index in [1.807, 2.05) is 0 Å². The van der Waals surface area contributed by atoms with Gasteiger partial charge in [0.2, 0.25) is 5.91 Å². The summed E-state index contributed by atoms with van der Waals surface area (Å²) in [5.74, 6) is -0.270. The molecule has 5 nitrogen and oxygen atoms in total. The lowest BCUT2D eigenvalue weighted by Crippen LogP contribution is -2.46. The smallest absolute Gasteiger partial charge is 0.274 e. The first-order valence-corrected chi connectivity index (χ1v) is 7.11. The van der Waals surface area contributed by atoms with Crippen molar-refractivity contribution in [1.82, 2.24) is 15.2 Å². The molecule has 1 aliphatic rings. The number of hydrogen-bond acceptors (Lipinski definition) is 3. The molecule has 0 spiro atoms. The fourth-order valence-electron chi connectivity index (χ4n) is 2.23. The Morgan fingerprint density at radius 1 is 1.30 bits per heavy atom. The average molecular weight is 316 g/mol. The quantitative estimate of drug-likeness (QED) is 0.850. The lowest BCUT2D eigenvalue weighted by Gasteiger charge is -2.32. The molecule has 0 unspecified atom stereocenters. The highest BCUT2D eigenvalue weighted by Gasteiger charge is 2.26. The Morgan fingerprint density at radius 2 is 1.95 bits per heavy atom. The molecule has 1 aromatic heterocycles. The lowest BCUT2D eigenvalue weighted by atomic mass is 10.0. The highest BCUT2D eigenvalue weighted by Crippen LogP contribution is 2.20. The molecule has 108 valence electrons. The number of pyridine rings is 1. The van der Waals surface area contributed by atoms with Crippen LogP contribution in [0.25, 0.3) is 0 Å². The van der Waals surface area contributed by atoms with Crippen molar-refractivity contribution in [2.75, 3.05) is 13.1 Å². The normalized spacial score (nSPS) is 16.1. The van der Waals surface area contributed by atoms with Gasteiger partial charge in [0.05, 0.1) is 5.02 Å². The Balaban J connectivity index is 2.01. The van der Waals surface area contributed by atoms with Crippen LogP contribution in [0.3, 0.4) is 0 Å². The third-order valence-electron chi connectivity index (χ3n) is 3.20. The van der Waals surface area contributed by atoms with E-state index in [1.165, 1.54) is 6.92 Å². The van der Waals surface area contributed by atoms with Crippen LogP contribution in [0, 0.1) is 0 Å². The second-order valence-electron chi connectivity index (χ2n) is 4.73. The van der Waals surface area contributed by atoms with Crippen molar-refractivity contribution in [2.24, 2.45) is 0 Å². The summed E-state index contributed by atoms with van der Waals surface area (Å²) in [5.41, 5.74) is 0.178. The summed E-state index contributed by atoms with van der Waals surface area (Å²) >= 11 is 11.8. The zero-order valence-electron chi connectivity index (χ0n) is 11.0. The van der Waals surface area contributed by atoms with Crippen LogP contribution in [0.2, 0.25) is 10.2 Å². The van der Waals surface area contributed by atoms with Crippen LogP contribution in [0.5, 0.6) is 0 Å². The molecule has 2 heterocycles. The van der Waals surface area contributed by atoms with E-state index in [0.717, 1.165) is 12.8 Å². The molecule has 1 aliphatic heterocycles. The molecule has 0 atom stereocenters. The van der Waals surface area contributed by atoms with E-state index < -0.39 is 0 Å². The van der Waals surface area contributed by atoms with Gasteiger partial charge in [0.25, 0.3) is 5.91 Å². The summed E-state index contributed by atoms with van der Waals surface area (Å²) in [6.07, 6.45) is 1.45. The fourth-order valence-corrected chi connectivity index (χ4v) is 2.57. The van der Waals surface area contributed by atoms with Gasteiger partial charge >= 0.3 is 0 Å². The second kappa shape index (κ2) is 6.41. The molecule has 1 saturated heterocycles. The van der Waals surface area contributed by atoms with Crippen LogP contribution < -0.4 is 5.32 Å². The number of piperidine rings is 1. The first-order valence-electron chi connectivity index (χ1n) is 6.36. The SMILES string of the molecule is CC(=O)NC1CCN(C(=O)c2nc(Cl)ccc2Cl)CC1. The van der Waals surface area contributed by atoms with Crippen molar-refractivity contribution < 1.29 is 9.59 Å². The van der Waals surface area contributed by atoms with Gasteiger partial charge in [-0.25, -0.2) is 4.98 Å². The second-order valence-corrected chi connectivity index (χ2v) is 5.53. The predicted octanol–water partition coefficient (Wildman–Crippen LogP) is 2.13. The maximum absolute atomic E-state index is 12.3. The highest BCUT2D eigenvalue weighted by atomic mass is 35.5. The number of nitrogens with one attached hydrogen (secondary N) is 1. The number of carbonyl (C=O) groups is 2. The summed E-state index contributed by atoms with van der Waals surface area (Å²) in [6, 6.07) is 3.23. The van der Waals surface area contributed by atoms with E-state index in [-0.39, 0.29) is 28.7 Å². The van der Waals surface area contributed by atoms with E-state index in [2.05, 4.69) is 10.3 Å². The standard InChI is InChI=1S/C13H15Cl2N3O2/c1-8(19)16-9-4-6-18(7-5-9)13(20)12-10(14)2-3-11(15)17-12/h2-3,9H,4-7H2,1H3,(H,16,19). The van der Waals surface area contributed by atoms with E-state index >= 15 is 0 Å². The Bertz CT molecular complexity index is 528. The van der Waals surface area contributed by atoms with Crippen LogP contribution in [0.15, 0.2) is 12.1 Å². The largest absolute Gasteiger partial charge is 0.353 e. The molecule has 0 saturated carbocycles. The van der Waals surface area contributed by atoms with Crippen LogP contribution in [-0.2, 0) is 4.79 Å². The number of rotatable bonds is 2. The third kappa shape index (κ3) is 3.61. The van der Waals surface area contributed by atoms with Gasteiger partial charge in [-0.3, -0.25) is 9.59 Å². The van der Waals surface area contributed by atoms with Crippen LogP contribution in [0.4, 0.5) is 0 Å². The number of aromatic nitrogens is 1. The van der Waals surface area contributed by atoms with Gasteiger partial charge in [-0.05, 0) is 25.0 Å². The zero-order chi connectivity index (χ0) is 14.7. The fraction of sp³-hybridized carbons (Fsp3) is 0.462. The zero-order valence-corrected chi connectivity index (χ0v) is 12.5. The topological polar surface area (TPSA) is 62.3 Å². The minimum atomic E-state index is -0.223. The van der Waals surface area contributed by atoms with Gasteiger partial charge in [0, 0.05) is 26.1 Å². The summed E-state index contributed by atoms with van der Waals surface area (Å²) in [6.45, 7) is 2.62. The van der Waals surface area contributed by atoms with Gasteiger partial charge in [-0.15, -0.1) is 0 Å². The van der Waals surface area contributed by atoms with Crippen molar-refractivity contribution in [3.8, 4) is 0 Å². The maximum Gasteiger partial charge on any atom is 0.274 e. The maximum atomic E-state index is 12.3. The molecule has 0 aliphatic carbocycles. The molecule has 0 aromatic carbocycles. The summed E-state index contributed by atoms with van der Waals surface area (Å²) in [5, 5.41) is 3.40. The van der Waals surface area contributed by atoms with Gasteiger partial charge in [-0.1, -0.05) is 23.2 Å². The summed E-state index contributed by atoms with van der Waals surface area (Å²) in [7, 11) is 0. The van der Waals surface area contributed by atoms with Crippen LogP contribution in [0.1, 0.15) is 30.3 Å². The number of hydrogen-bond donors (Lipinski definition) is 1. The van der Waals surface area contributed by atoms with Crippen LogP contribution >= 0.6 is 23.2 Å². The minimum Gasteiger partial charge on any atom is -0.353 e. The Hall–Kier alpha value is -1.33. The number of likely N-dealkylation sites (tertiary alicyclic amines) is 1. The Morgan fingerprint density at radius 3 is 2.55 bits per heavy atom. The van der Waals surface area contributed by atoms with Crippen molar-refractivity contribution in [3.05, 3.63) is 28.0 Å². The van der Waals surface area contributed by atoms with Crippen molar-refractivity contribution in [1.29, 1.82) is 0 Å². The van der Waals surface area contributed by atoms with Crippen molar-refractivity contribution in [2.45, 2.75) is 25.8 Å². The van der Waals surface area contributed by atoms with Gasteiger partial charge in [0.1, 0.15) is 10.8 Å². The first kappa shape index (κ1) is 15.1. The molecule has 0 radical (unpaired) electrons. The number of halogens is 2. The molecule has 1 fully saturated rings. The number of carbonyl (C=O) groups excluding carboxylic acids is 2. The summed E-state index contributed by atoms with van der Waals surface area (Å²) < 4.78 is 0. The Kier molecular flexibility index (Phi) is 4.83. The molecule has 7 heteroatoms. The monoisotopic (exact) mass is 315 g/mol. The van der Waals surface area contributed by atoms with E-state index in [4.69, 9.17) is 23.2 Å². The van der Waals surface area contributed by atoms with Crippen molar-refractivity contribution in [3.63, 3.8) is 0 Å². The van der Waals surface area contributed by atoms with E-state index in [9.17, 15) is 9.59 Å². The van der Waals surface area contributed by atoms with E-state index in [0.29, 0.717) is 18.1 Å². The highest BCUT2D eigenvalue weighted by molar-refractivity contribution is 6.34. The van der Waals surface area contributed by atoms with Crippen LogP contribution in [-0.4, -0.2) is 40.8 Å². The third-order valence-corrected chi connectivity index (χ3v) is 3.72. The Labute approximate surface area is 127 Å². The van der Waals surface area contributed by atoms with Gasteiger partial charge in [0.15, 0.2) is 0 Å². The molecule has 2 rings (SSSR count). The number of amides is 2. The van der Waals surface area contributed by atoms with Crippen molar-refractivity contribution >= 4 is 35.0 Å². The molecule has 2 amide bonds. The lowest BCUT2D eigenvalue weighted by molar-refractivity contribution is -0.119. The van der Waals surface area contributed by atoms with E-state index in [1.54, 1.807) is 17.0 Å². The molecule has 1 aromatic rings. The van der Waals surface area contributed by atoms with Gasteiger partial charge in [-0.2, -0.15) is 0 Å². The molecular formula is C13H15Cl2N3O2. The first-order chi connectivity index (χ1) is 9.47. The average Bonchev–Trinajstić information content (AvgIpc) is 2.41. The molecule has 0 bridgehead atoms. The molecular weight excluding hydrogens is 301 g/mol. The molecule has 20 heavy (non-hydrogen) atoms. The molecule has 1 N–H and O–H groups in total. The van der Waals surface area contributed by atoms with Gasteiger partial charge < -0.3 is 10.2 Å². The number of nitrogens with zero attached hydrogens (tertiary/aromatic N) is 2. The minimum absolute atomic E-state index is 0.0469.